The van der Waals surface area contributed by atoms with Crippen molar-refractivity contribution in [3.63, 3.8) is 0 Å². The zero-order valence-electron chi connectivity index (χ0n) is 10.7. The molecule has 1 N–H and O–H groups in total. The molecule has 0 radical (unpaired) electrons. The van der Waals surface area contributed by atoms with E-state index in [-0.39, 0.29) is 0 Å². The first-order valence-corrected chi connectivity index (χ1v) is 6.42. The number of nitrogens with zero attached hydrogens (tertiary/aromatic N) is 2. The summed E-state index contributed by atoms with van der Waals surface area (Å²) in [5, 5.41) is 8.02. The molecule has 16 heavy (non-hydrogen) atoms. The number of nitrogens with one attached hydrogen (secondary N) is 1. The Morgan fingerprint density at radius 3 is 2.81 bits per heavy atom. The predicted molar refractivity (Wildman–Crippen MR) is 66.2 cm³/mol. The van der Waals surface area contributed by atoms with Crippen molar-refractivity contribution < 1.29 is 0 Å². The van der Waals surface area contributed by atoms with Crippen LogP contribution in [-0.2, 0) is 13.6 Å². The van der Waals surface area contributed by atoms with Crippen LogP contribution in [0.15, 0.2) is 6.07 Å². The number of hydrogen-bond donors (Lipinski definition) is 1. The van der Waals surface area contributed by atoms with Gasteiger partial charge in [0.15, 0.2) is 0 Å². The SMILES string of the molecule is CCC(CC1CC1)NCc1cc(C)nn1C. The Kier molecular flexibility index (Phi) is 3.64. The van der Waals surface area contributed by atoms with Crippen LogP contribution in [0.3, 0.4) is 0 Å². The number of aromatic nitrogens is 2. The monoisotopic (exact) mass is 221 g/mol. The van der Waals surface area contributed by atoms with Gasteiger partial charge < -0.3 is 5.32 Å². The van der Waals surface area contributed by atoms with Gasteiger partial charge in [0.25, 0.3) is 0 Å². The molecule has 0 aliphatic heterocycles. The molecule has 1 atom stereocenters. The maximum absolute atomic E-state index is 4.36. The first kappa shape index (κ1) is 11.6. The molecule has 1 aliphatic carbocycles. The van der Waals surface area contributed by atoms with Gasteiger partial charge in [0.1, 0.15) is 0 Å². The molecule has 0 saturated heterocycles. The fraction of sp³-hybridized carbons (Fsp3) is 0.769. The van der Waals surface area contributed by atoms with E-state index in [2.05, 4.69) is 23.4 Å². The fourth-order valence-electron chi connectivity index (χ4n) is 2.23. The highest BCUT2D eigenvalue weighted by molar-refractivity contribution is 5.08. The molecular weight excluding hydrogens is 198 g/mol. The summed E-state index contributed by atoms with van der Waals surface area (Å²) < 4.78 is 1.98. The van der Waals surface area contributed by atoms with Crippen molar-refractivity contribution in [3.8, 4) is 0 Å². The number of hydrogen-bond acceptors (Lipinski definition) is 2. The van der Waals surface area contributed by atoms with Gasteiger partial charge in [0, 0.05) is 19.6 Å². The van der Waals surface area contributed by atoms with Crippen molar-refractivity contribution in [1.29, 1.82) is 0 Å². The maximum Gasteiger partial charge on any atom is 0.0597 e. The lowest BCUT2D eigenvalue weighted by molar-refractivity contribution is 0.437. The van der Waals surface area contributed by atoms with Crippen molar-refractivity contribution in [2.24, 2.45) is 13.0 Å². The molecule has 3 nitrogen and oxygen atoms in total. The van der Waals surface area contributed by atoms with Crippen LogP contribution in [-0.4, -0.2) is 15.8 Å². The molecule has 1 unspecified atom stereocenters. The Morgan fingerprint density at radius 1 is 1.56 bits per heavy atom. The normalized spacial score (nSPS) is 17.7. The van der Waals surface area contributed by atoms with Gasteiger partial charge in [0.05, 0.1) is 11.4 Å². The third-order valence-electron chi connectivity index (χ3n) is 3.48. The molecule has 90 valence electrons. The summed E-state index contributed by atoms with van der Waals surface area (Å²) in [7, 11) is 2.02. The van der Waals surface area contributed by atoms with E-state index < -0.39 is 0 Å². The Bertz CT molecular complexity index is 339. The highest BCUT2D eigenvalue weighted by Gasteiger charge is 2.24. The average molecular weight is 221 g/mol. The van der Waals surface area contributed by atoms with E-state index in [0.717, 1.165) is 18.2 Å². The van der Waals surface area contributed by atoms with Crippen LogP contribution in [0.1, 0.15) is 44.0 Å². The quantitative estimate of drug-likeness (QED) is 0.799. The highest BCUT2D eigenvalue weighted by Crippen LogP contribution is 2.34. The van der Waals surface area contributed by atoms with Gasteiger partial charge in [-0.2, -0.15) is 5.10 Å². The van der Waals surface area contributed by atoms with E-state index in [1.165, 1.54) is 31.4 Å². The minimum absolute atomic E-state index is 0.683. The van der Waals surface area contributed by atoms with Crippen molar-refractivity contribution >= 4 is 0 Å². The van der Waals surface area contributed by atoms with E-state index in [9.17, 15) is 0 Å². The van der Waals surface area contributed by atoms with Crippen LogP contribution in [0.2, 0.25) is 0 Å². The van der Waals surface area contributed by atoms with Gasteiger partial charge in [-0.05, 0) is 31.7 Å². The standard InChI is InChI=1S/C13H23N3/c1-4-12(8-11-5-6-11)14-9-13-7-10(2)15-16(13)3/h7,11-12,14H,4-6,8-9H2,1-3H3. The van der Waals surface area contributed by atoms with Gasteiger partial charge in [-0.1, -0.05) is 19.8 Å². The second-order valence-corrected chi connectivity index (χ2v) is 5.07. The predicted octanol–water partition coefficient (Wildman–Crippen LogP) is 2.40. The lowest BCUT2D eigenvalue weighted by Crippen LogP contribution is -2.29. The van der Waals surface area contributed by atoms with E-state index >= 15 is 0 Å². The average Bonchev–Trinajstić information content (AvgIpc) is 3.00. The van der Waals surface area contributed by atoms with Crippen LogP contribution in [0, 0.1) is 12.8 Å². The van der Waals surface area contributed by atoms with Crippen LogP contribution in [0.5, 0.6) is 0 Å². The van der Waals surface area contributed by atoms with Crippen LogP contribution >= 0.6 is 0 Å². The Balaban J connectivity index is 1.82. The summed E-state index contributed by atoms with van der Waals surface area (Å²) in [5.74, 6) is 1.01. The molecule has 0 bridgehead atoms. The number of aryl methyl sites for hydroxylation is 2. The van der Waals surface area contributed by atoms with Gasteiger partial charge in [0.2, 0.25) is 0 Å². The molecule has 0 amide bonds. The second-order valence-electron chi connectivity index (χ2n) is 5.07. The van der Waals surface area contributed by atoms with Gasteiger partial charge in [-0.15, -0.1) is 0 Å². The summed E-state index contributed by atoms with van der Waals surface area (Å²) in [6.45, 7) is 5.27. The lowest BCUT2D eigenvalue weighted by Gasteiger charge is -2.16. The van der Waals surface area contributed by atoms with E-state index in [1.807, 2.05) is 18.7 Å². The van der Waals surface area contributed by atoms with Crippen molar-refractivity contribution in [2.75, 3.05) is 0 Å². The minimum Gasteiger partial charge on any atom is -0.308 e. The topological polar surface area (TPSA) is 29.9 Å². The third kappa shape index (κ3) is 3.08. The zero-order chi connectivity index (χ0) is 11.5. The summed E-state index contributed by atoms with van der Waals surface area (Å²) in [6.07, 6.45) is 5.48. The molecule has 1 fully saturated rings. The Labute approximate surface area is 98.2 Å². The summed E-state index contributed by atoms with van der Waals surface area (Å²) in [5.41, 5.74) is 2.39. The van der Waals surface area contributed by atoms with Crippen molar-refractivity contribution in [2.45, 2.75) is 52.1 Å². The highest BCUT2D eigenvalue weighted by atomic mass is 15.3. The Morgan fingerprint density at radius 2 is 2.31 bits per heavy atom. The van der Waals surface area contributed by atoms with Crippen molar-refractivity contribution in [3.05, 3.63) is 17.5 Å². The number of rotatable bonds is 6. The summed E-state index contributed by atoms with van der Waals surface area (Å²) in [6, 6.07) is 2.85. The molecule has 2 rings (SSSR count). The first-order chi connectivity index (χ1) is 7.69. The molecule has 0 aromatic carbocycles. The molecule has 1 saturated carbocycles. The largest absolute Gasteiger partial charge is 0.308 e. The molecule has 1 heterocycles. The van der Waals surface area contributed by atoms with E-state index in [0.29, 0.717) is 6.04 Å². The van der Waals surface area contributed by atoms with Gasteiger partial charge in [-0.25, -0.2) is 0 Å². The van der Waals surface area contributed by atoms with Crippen LogP contribution in [0.4, 0.5) is 0 Å². The Hall–Kier alpha value is -0.830. The smallest absolute Gasteiger partial charge is 0.0597 e. The van der Waals surface area contributed by atoms with Crippen LogP contribution in [0.25, 0.3) is 0 Å². The van der Waals surface area contributed by atoms with E-state index in [4.69, 9.17) is 0 Å². The molecule has 1 aromatic heterocycles. The molecule has 0 spiro atoms. The first-order valence-electron chi connectivity index (χ1n) is 6.42. The second kappa shape index (κ2) is 5.00. The van der Waals surface area contributed by atoms with Crippen molar-refractivity contribution in [1.82, 2.24) is 15.1 Å². The minimum atomic E-state index is 0.683. The fourth-order valence-corrected chi connectivity index (χ4v) is 2.23. The van der Waals surface area contributed by atoms with Gasteiger partial charge in [-0.3, -0.25) is 4.68 Å². The lowest BCUT2D eigenvalue weighted by atomic mass is 10.1. The summed E-state index contributed by atoms with van der Waals surface area (Å²) >= 11 is 0. The van der Waals surface area contributed by atoms with Gasteiger partial charge >= 0.3 is 0 Å². The molecule has 1 aliphatic rings. The molecule has 1 aromatic rings. The zero-order valence-corrected chi connectivity index (χ0v) is 10.7. The maximum atomic E-state index is 4.36. The molecule has 3 heteroatoms. The van der Waals surface area contributed by atoms with Crippen LogP contribution < -0.4 is 5.32 Å². The molecular formula is C13H23N3. The third-order valence-corrected chi connectivity index (χ3v) is 3.48. The van der Waals surface area contributed by atoms with E-state index in [1.54, 1.807) is 0 Å². The summed E-state index contributed by atoms with van der Waals surface area (Å²) in [4.78, 5) is 0.